The highest BCUT2D eigenvalue weighted by atomic mass is 32.1. The number of para-hydroxylation sites is 1. The van der Waals surface area contributed by atoms with Crippen LogP contribution in [0.1, 0.15) is 0 Å². The van der Waals surface area contributed by atoms with Crippen LogP contribution in [0.2, 0.25) is 0 Å². The predicted octanol–water partition coefficient (Wildman–Crippen LogP) is 3.29. The molecular formula is C13H10F2N2S. The lowest BCUT2D eigenvalue weighted by Gasteiger charge is -2.11. The Bertz CT molecular complexity index is 579. The molecule has 0 spiro atoms. The fraction of sp³-hybridized carbons (Fsp3) is 0. The summed E-state index contributed by atoms with van der Waals surface area (Å²) in [5, 5.41) is 2.87. The number of rotatable bonds is 2. The molecule has 18 heavy (non-hydrogen) atoms. The van der Waals surface area contributed by atoms with Crippen LogP contribution in [0.25, 0.3) is 11.1 Å². The fourth-order valence-corrected chi connectivity index (χ4v) is 1.80. The lowest BCUT2D eigenvalue weighted by atomic mass is 10.0. The molecule has 0 aliphatic rings. The second kappa shape index (κ2) is 5.10. The molecule has 0 bridgehead atoms. The number of benzene rings is 2. The van der Waals surface area contributed by atoms with Gasteiger partial charge in [0.1, 0.15) is 11.6 Å². The fourth-order valence-electron chi connectivity index (χ4n) is 1.69. The van der Waals surface area contributed by atoms with Crippen LogP contribution >= 0.6 is 12.2 Å². The van der Waals surface area contributed by atoms with Crippen molar-refractivity contribution in [1.29, 1.82) is 0 Å². The van der Waals surface area contributed by atoms with Gasteiger partial charge in [0.2, 0.25) is 0 Å². The minimum Gasteiger partial charge on any atom is -0.376 e. The number of nitrogens with two attached hydrogens (primary N) is 1. The topological polar surface area (TPSA) is 38.0 Å². The maximum atomic E-state index is 13.2. The minimum absolute atomic E-state index is 0.0966. The van der Waals surface area contributed by atoms with Crippen molar-refractivity contribution >= 4 is 23.0 Å². The van der Waals surface area contributed by atoms with E-state index in [1.54, 1.807) is 24.3 Å². The zero-order valence-corrected chi connectivity index (χ0v) is 10.1. The lowest BCUT2D eigenvalue weighted by Crippen LogP contribution is -2.19. The first-order valence-corrected chi connectivity index (χ1v) is 5.59. The summed E-state index contributed by atoms with van der Waals surface area (Å²) < 4.78 is 26.4. The van der Waals surface area contributed by atoms with E-state index >= 15 is 0 Å². The van der Waals surface area contributed by atoms with E-state index in [-0.39, 0.29) is 5.11 Å². The van der Waals surface area contributed by atoms with Crippen LogP contribution < -0.4 is 11.1 Å². The third-order valence-corrected chi connectivity index (χ3v) is 2.46. The molecule has 0 fully saturated rings. The molecular weight excluding hydrogens is 254 g/mol. The van der Waals surface area contributed by atoms with Crippen molar-refractivity contribution in [3.05, 3.63) is 54.1 Å². The summed E-state index contributed by atoms with van der Waals surface area (Å²) in [6, 6.07) is 10.3. The van der Waals surface area contributed by atoms with Crippen LogP contribution in [0.5, 0.6) is 0 Å². The number of anilines is 1. The molecule has 2 aromatic rings. The molecule has 0 aliphatic carbocycles. The molecule has 2 aromatic carbocycles. The van der Waals surface area contributed by atoms with E-state index in [1.807, 2.05) is 0 Å². The predicted molar refractivity (Wildman–Crippen MR) is 72.2 cm³/mol. The van der Waals surface area contributed by atoms with Crippen LogP contribution in [0.3, 0.4) is 0 Å². The van der Waals surface area contributed by atoms with Crippen LogP contribution in [-0.2, 0) is 0 Å². The lowest BCUT2D eigenvalue weighted by molar-refractivity contribution is 0.584. The second-order valence-corrected chi connectivity index (χ2v) is 4.13. The molecule has 0 aromatic heterocycles. The molecule has 0 unspecified atom stereocenters. The molecule has 3 N–H and O–H groups in total. The third kappa shape index (κ3) is 2.81. The van der Waals surface area contributed by atoms with Gasteiger partial charge < -0.3 is 11.1 Å². The smallest absolute Gasteiger partial charge is 0.168 e. The molecule has 0 saturated carbocycles. The molecule has 0 radical (unpaired) electrons. The van der Waals surface area contributed by atoms with Crippen molar-refractivity contribution in [3.63, 3.8) is 0 Å². The van der Waals surface area contributed by atoms with Crippen molar-refractivity contribution in [2.24, 2.45) is 5.73 Å². The number of hydrogen-bond acceptors (Lipinski definition) is 1. The summed E-state index contributed by atoms with van der Waals surface area (Å²) in [7, 11) is 0. The zero-order chi connectivity index (χ0) is 13.1. The molecule has 0 saturated heterocycles. The van der Waals surface area contributed by atoms with Crippen molar-refractivity contribution in [3.8, 4) is 11.1 Å². The normalized spacial score (nSPS) is 10.1. The SMILES string of the molecule is NC(=S)Nc1ccccc1-c1cc(F)cc(F)c1. The van der Waals surface area contributed by atoms with Crippen LogP contribution in [0.15, 0.2) is 42.5 Å². The zero-order valence-electron chi connectivity index (χ0n) is 9.28. The first kappa shape index (κ1) is 12.4. The monoisotopic (exact) mass is 264 g/mol. The summed E-state index contributed by atoms with van der Waals surface area (Å²) >= 11 is 4.76. The van der Waals surface area contributed by atoms with E-state index in [0.29, 0.717) is 16.8 Å². The van der Waals surface area contributed by atoms with Gasteiger partial charge in [-0.3, -0.25) is 0 Å². The molecule has 2 nitrogen and oxygen atoms in total. The molecule has 0 heterocycles. The Kier molecular flexibility index (Phi) is 3.53. The largest absolute Gasteiger partial charge is 0.376 e. The van der Waals surface area contributed by atoms with Crippen molar-refractivity contribution < 1.29 is 8.78 Å². The van der Waals surface area contributed by atoms with E-state index in [9.17, 15) is 8.78 Å². The third-order valence-electron chi connectivity index (χ3n) is 2.36. The number of thiocarbonyl (C=S) groups is 1. The van der Waals surface area contributed by atoms with Gasteiger partial charge in [-0.25, -0.2) is 8.78 Å². The van der Waals surface area contributed by atoms with E-state index in [4.69, 9.17) is 18.0 Å². The first-order valence-electron chi connectivity index (χ1n) is 5.18. The highest BCUT2D eigenvalue weighted by Crippen LogP contribution is 2.28. The molecule has 2 rings (SSSR count). The summed E-state index contributed by atoms with van der Waals surface area (Å²) in [5.74, 6) is -1.26. The number of hydrogen-bond donors (Lipinski definition) is 2. The van der Waals surface area contributed by atoms with E-state index < -0.39 is 11.6 Å². The van der Waals surface area contributed by atoms with Gasteiger partial charge in [-0.1, -0.05) is 18.2 Å². The second-order valence-electron chi connectivity index (χ2n) is 3.69. The van der Waals surface area contributed by atoms with Gasteiger partial charge in [0.15, 0.2) is 5.11 Å². The Morgan fingerprint density at radius 2 is 1.67 bits per heavy atom. The Labute approximate surface area is 108 Å². The van der Waals surface area contributed by atoms with Gasteiger partial charge in [-0.15, -0.1) is 0 Å². The van der Waals surface area contributed by atoms with Crippen molar-refractivity contribution in [2.45, 2.75) is 0 Å². The van der Waals surface area contributed by atoms with Crippen LogP contribution in [0, 0.1) is 11.6 Å². The van der Waals surface area contributed by atoms with E-state index in [2.05, 4.69) is 5.32 Å². The quantitative estimate of drug-likeness (QED) is 0.817. The number of halogens is 2. The molecule has 0 atom stereocenters. The van der Waals surface area contributed by atoms with Gasteiger partial charge >= 0.3 is 0 Å². The minimum atomic E-state index is -0.630. The van der Waals surface area contributed by atoms with E-state index in [1.165, 1.54) is 12.1 Å². The Morgan fingerprint density at radius 3 is 2.28 bits per heavy atom. The van der Waals surface area contributed by atoms with E-state index in [0.717, 1.165) is 6.07 Å². The van der Waals surface area contributed by atoms with Gasteiger partial charge in [0.05, 0.1) is 0 Å². The van der Waals surface area contributed by atoms with Gasteiger partial charge in [0.25, 0.3) is 0 Å². The van der Waals surface area contributed by atoms with Crippen LogP contribution in [0.4, 0.5) is 14.5 Å². The first-order chi connectivity index (χ1) is 8.56. The molecule has 5 heteroatoms. The molecule has 0 aliphatic heterocycles. The average Bonchev–Trinajstić information content (AvgIpc) is 2.27. The van der Waals surface area contributed by atoms with Crippen molar-refractivity contribution in [1.82, 2.24) is 0 Å². The summed E-state index contributed by atoms with van der Waals surface area (Å²) in [6.07, 6.45) is 0. The van der Waals surface area contributed by atoms with Crippen LogP contribution in [-0.4, -0.2) is 5.11 Å². The maximum absolute atomic E-state index is 13.2. The number of nitrogens with one attached hydrogen (secondary N) is 1. The summed E-state index contributed by atoms with van der Waals surface area (Å²) in [4.78, 5) is 0. The van der Waals surface area contributed by atoms with Crippen molar-refractivity contribution in [2.75, 3.05) is 5.32 Å². The molecule has 0 amide bonds. The summed E-state index contributed by atoms with van der Waals surface area (Å²) in [6.45, 7) is 0. The standard InChI is InChI=1S/C13H10F2N2S/c14-9-5-8(6-10(15)7-9)11-3-1-2-4-12(11)17-13(16)18/h1-7H,(H3,16,17,18). The Morgan fingerprint density at radius 1 is 1.06 bits per heavy atom. The Balaban J connectivity index is 2.52. The average molecular weight is 264 g/mol. The molecule has 92 valence electrons. The highest BCUT2D eigenvalue weighted by Gasteiger charge is 2.07. The highest BCUT2D eigenvalue weighted by molar-refractivity contribution is 7.80. The van der Waals surface area contributed by atoms with Gasteiger partial charge in [-0.05, 0) is 36.0 Å². The summed E-state index contributed by atoms with van der Waals surface area (Å²) in [5.41, 5.74) is 7.06. The Hall–Kier alpha value is -2.01. The maximum Gasteiger partial charge on any atom is 0.168 e. The van der Waals surface area contributed by atoms with Gasteiger partial charge in [0, 0.05) is 17.3 Å². The van der Waals surface area contributed by atoms with Gasteiger partial charge in [-0.2, -0.15) is 0 Å².